The molecule has 2 aliphatic rings. The number of nitrogens with zero attached hydrogens (tertiary/aromatic N) is 1. The molecule has 8 aromatic carbocycles. The van der Waals surface area contributed by atoms with Crippen molar-refractivity contribution >= 4 is 42.3 Å². The van der Waals surface area contributed by atoms with Crippen LogP contribution in [0.5, 0.6) is 0 Å². The van der Waals surface area contributed by atoms with E-state index in [0.717, 1.165) is 22.5 Å². The minimum Gasteiger partial charge on any atom is -0.248 e. The minimum absolute atomic E-state index is 0.361. The van der Waals surface area contributed by atoms with E-state index in [2.05, 4.69) is 188 Å². The molecule has 2 aliphatic carbocycles. The molecule has 0 atom stereocenters. The summed E-state index contributed by atoms with van der Waals surface area (Å²) in [7, 11) is 0. The van der Waals surface area contributed by atoms with Gasteiger partial charge in [0.25, 0.3) is 0 Å². The van der Waals surface area contributed by atoms with Crippen LogP contribution in [-0.2, 0) is 5.41 Å². The molecule has 0 amide bonds. The fourth-order valence-electron chi connectivity index (χ4n) is 9.56. The maximum absolute atomic E-state index is 5.53. The van der Waals surface area contributed by atoms with Gasteiger partial charge >= 0.3 is 0 Å². The molecule has 1 spiro atoms. The molecule has 0 aliphatic heterocycles. The molecule has 54 heavy (non-hydrogen) atoms. The standard InChI is InChI=1S/C52H31NS/c1-2-13-33-28-34(25-24-32(33)12-1)36-30-48(53-49(31-36)42-19-11-18-41-40-17-6-10-23-50(40)54-51(41)42)35-26-27-47-43(29-35)39-16-5-9-22-46(39)52(47)44-20-7-3-14-37(44)38-15-4-8-21-45(38)52/h1-31H. The quantitative estimate of drug-likeness (QED) is 0.179. The number of benzene rings is 8. The largest absolute Gasteiger partial charge is 0.248 e. The molecule has 2 heteroatoms. The average molecular weight is 702 g/mol. The summed E-state index contributed by atoms with van der Waals surface area (Å²) in [4.78, 5) is 5.53. The predicted octanol–water partition coefficient (Wildman–Crippen LogP) is 13.9. The molecule has 12 rings (SSSR count). The van der Waals surface area contributed by atoms with Gasteiger partial charge < -0.3 is 0 Å². The Labute approximate surface area is 317 Å². The minimum atomic E-state index is -0.361. The lowest BCUT2D eigenvalue weighted by atomic mass is 9.70. The van der Waals surface area contributed by atoms with Crippen molar-refractivity contribution in [2.75, 3.05) is 0 Å². The Morgan fingerprint density at radius 3 is 1.70 bits per heavy atom. The van der Waals surface area contributed by atoms with Crippen LogP contribution < -0.4 is 0 Å². The Bertz CT molecular complexity index is 3140. The van der Waals surface area contributed by atoms with Gasteiger partial charge in [0.2, 0.25) is 0 Å². The lowest BCUT2D eigenvalue weighted by Crippen LogP contribution is -2.25. The first kappa shape index (κ1) is 29.9. The van der Waals surface area contributed by atoms with E-state index >= 15 is 0 Å². The highest BCUT2D eigenvalue weighted by molar-refractivity contribution is 7.26. The summed E-state index contributed by atoms with van der Waals surface area (Å²) in [6.07, 6.45) is 0. The Balaban J connectivity index is 1.10. The van der Waals surface area contributed by atoms with E-state index in [1.807, 2.05) is 11.3 Å². The fraction of sp³-hybridized carbons (Fsp3) is 0.0192. The summed E-state index contributed by atoms with van der Waals surface area (Å²) >= 11 is 1.86. The zero-order valence-corrected chi connectivity index (χ0v) is 30.1. The second-order valence-electron chi connectivity index (χ2n) is 14.6. The molecular weight excluding hydrogens is 671 g/mol. The van der Waals surface area contributed by atoms with Crippen LogP contribution >= 0.6 is 11.3 Å². The number of thiophene rings is 1. The number of rotatable bonds is 3. The highest BCUT2D eigenvalue weighted by Gasteiger charge is 2.51. The number of fused-ring (bicyclic) bond motifs is 14. The number of hydrogen-bond donors (Lipinski definition) is 0. The maximum Gasteiger partial charge on any atom is 0.0730 e. The molecule has 0 bridgehead atoms. The van der Waals surface area contributed by atoms with Crippen LogP contribution in [0.2, 0.25) is 0 Å². The molecule has 250 valence electrons. The Morgan fingerprint density at radius 1 is 0.352 bits per heavy atom. The Kier molecular flexibility index (Phi) is 6.20. The molecule has 0 unspecified atom stereocenters. The van der Waals surface area contributed by atoms with Crippen molar-refractivity contribution in [2.45, 2.75) is 5.41 Å². The summed E-state index contributed by atoms with van der Waals surface area (Å²) in [6.45, 7) is 0. The molecule has 0 saturated carbocycles. The number of aromatic nitrogens is 1. The third-order valence-corrected chi connectivity index (χ3v) is 13.1. The second-order valence-corrected chi connectivity index (χ2v) is 15.7. The summed E-state index contributed by atoms with van der Waals surface area (Å²) in [6, 6.07) is 69.5. The zero-order chi connectivity index (χ0) is 35.4. The van der Waals surface area contributed by atoms with Gasteiger partial charge in [-0.3, -0.25) is 0 Å². The zero-order valence-electron chi connectivity index (χ0n) is 29.3. The van der Waals surface area contributed by atoms with E-state index in [9.17, 15) is 0 Å². The third-order valence-electron chi connectivity index (χ3n) is 11.9. The van der Waals surface area contributed by atoms with E-state index in [4.69, 9.17) is 4.98 Å². The first-order valence-electron chi connectivity index (χ1n) is 18.6. The molecule has 0 radical (unpaired) electrons. The number of hydrogen-bond acceptors (Lipinski definition) is 2. The molecule has 2 aromatic heterocycles. The molecule has 2 heterocycles. The molecule has 0 fully saturated rings. The van der Waals surface area contributed by atoms with Crippen molar-refractivity contribution in [1.82, 2.24) is 4.98 Å². The van der Waals surface area contributed by atoms with E-state index < -0.39 is 0 Å². The molecule has 0 N–H and O–H groups in total. The van der Waals surface area contributed by atoms with Gasteiger partial charge in [-0.05, 0) is 96.7 Å². The van der Waals surface area contributed by atoms with Gasteiger partial charge in [-0.15, -0.1) is 11.3 Å². The second kappa shape index (κ2) is 11.2. The highest BCUT2D eigenvalue weighted by atomic mass is 32.1. The van der Waals surface area contributed by atoms with Crippen molar-refractivity contribution in [3.63, 3.8) is 0 Å². The van der Waals surface area contributed by atoms with Crippen LogP contribution in [0.15, 0.2) is 188 Å². The van der Waals surface area contributed by atoms with Gasteiger partial charge in [-0.25, -0.2) is 4.98 Å². The lowest BCUT2D eigenvalue weighted by molar-refractivity contribution is 0.794. The molecular formula is C52H31NS. The summed E-state index contributed by atoms with van der Waals surface area (Å²) in [5.41, 5.74) is 16.9. The summed E-state index contributed by atoms with van der Waals surface area (Å²) in [5, 5.41) is 5.06. The van der Waals surface area contributed by atoms with Gasteiger partial charge in [-0.2, -0.15) is 0 Å². The van der Waals surface area contributed by atoms with Crippen LogP contribution in [-0.4, -0.2) is 4.98 Å². The van der Waals surface area contributed by atoms with Crippen molar-refractivity contribution in [3.8, 4) is 55.9 Å². The first-order chi connectivity index (χ1) is 26.8. The van der Waals surface area contributed by atoms with Crippen LogP contribution in [0.4, 0.5) is 0 Å². The van der Waals surface area contributed by atoms with Gasteiger partial charge in [0.05, 0.1) is 16.8 Å². The monoisotopic (exact) mass is 701 g/mol. The van der Waals surface area contributed by atoms with Crippen molar-refractivity contribution < 1.29 is 0 Å². The van der Waals surface area contributed by atoms with Crippen LogP contribution in [0, 0.1) is 0 Å². The smallest absolute Gasteiger partial charge is 0.0730 e. The van der Waals surface area contributed by atoms with Crippen molar-refractivity contribution in [1.29, 1.82) is 0 Å². The van der Waals surface area contributed by atoms with E-state index in [0.29, 0.717) is 0 Å². The van der Waals surface area contributed by atoms with E-state index in [1.54, 1.807) is 0 Å². The predicted molar refractivity (Wildman–Crippen MR) is 227 cm³/mol. The van der Waals surface area contributed by atoms with Crippen molar-refractivity contribution in [3.05, 3.63) is 210 Å². The normalized spacial score (nSPS) is 13.3. The van der Waals surface area contributed by atoms with Crippen LogP contribution in [0.25, 0.3) is 86.8 Å². The average Bonchev–Trinajstić information content (AvgIpc) is 3.87. The lowest BCUT2D eigenvalue weighted by Gasteiger charge is -2.30. The molecule has 0 saturated heterocycles. The summed E-state index contributed by atoms with van der Waals surface area (Å²) < 4.78 is 2.57. The first-order valence-corrected chi connectivity index (χ1v) is 19.4. The third kappa shape index (κ3) is 4.06. The van der Waals surface area contributed by atoms with Crippen LogP contribution in [0.3, 0.4) is 0 Å². The topological polar surface area (TPSA) is 12.9 Å². The van der Waals surface area contributed by atoms with E-state index in [1.165, 1.54) is 86.6 Å². The van der Waals surface area contributed by atoms with Gasteiger partial charge in [0.15, 0.2) is 0 Å². The van der Waals surface area contributed by atoms with Gasteiger partial charge in [-0.1, -0.05) is 158 Å². The van der Waals surface area contributed by atoms with Crippen LogP contribution in [0.1, 0.15) is 22.3 Å². The number of pyridine rings is 1. The fourth-order valence-corrected chi connectivity index (χ4v) is 10.8. The van der Waals surface area contributed by atoms with Gasteiger partial charge in [0.1, 0.15) is 0 Å². The van der Waals surface area contributed by atoms with Crippen molar-refractivity contribution in [2.24, 2.45) is 0 Å². The SMILES string of the molecule is c1ccc2c(c1)-c1ccccc1C21c2ccccc2-c2cc(-c3cc(-c4ccc5ccccc5c4)cc(-c4cccc5c4sc4ccccc45)n3)ccc21. The summed E-state index contributed by atoms with van der Waals surface area (Å²) in [5.74, 6) is 0. The maximum atomic E-state index is 5.53. The Morgan fingerprint density at radius 2 is 0.926 bits per heavy atom. The van der Waals surface area contributed by atoms with Gasteiger partial charge in [0, 0.05) is 31.3 Å². The molecule has 10 aromatic rings. The molecule has 1 nitrogen and oxygen atoms in total. The highest BCUT2D eigenvalue weighted by Crippen LogP contribution is 2.63. The Hall–Kier alpha value is -6.61. The van der Waals surface area contributed by atoms with E-state index in [-0.39, 0.29) is 5.41 Å².